The Kier molecular flexibility index (Phi) is 9.62. The number of piperidine rings is 1. The van der Waals surface area contributed by atoms with E-state index >= 15 is 0 Å². The fourth-order valence-electron chi connectivity index (χ4n) is 6.48. The van der Waals surface area contributed by atoms with Crippen molar-refractivity contribution in [1.82, 2.24) is 4.90 Å². The summed E-state index contributed by atoms with van der Waals surface area (Å²) in [6.07, 6.45) is 7.49. The zero-order valence-corrected chi connectivity index (χ0v) is 26.0. The zero-order chi connectivity index (χ0) is 29.8. The summed E-state index contributed by atoms with van der Waals surface area (Å²) in [6, 6.07) is 5.98. The molecule has 1 aromatic rings. The Morgan fingerprint density at radius 1 is 1.22 bits per heavy atom. The lowest BCUT2D eigenvalue weighted by Crippen LogP contribution is -2.57. The molecule has 0 aliphatic carbocycles. The van der Waals surface area contributed by atoms with Crippen molar-refractivity contribution in [2.45, 2.75) is 104 Å². The monoisotopic (exact) mass is 571 g/mol. The summed E-state index contributed by atoms with van der Waals surface area (Å²) < 4.78 is 30.0. The van der Waals surface area contributed by atoms with Crippen LogP contribution < -0.4 is 9.47 Å². The van der Waals surface area contributed by atoms with Crippen LogP contribution in [-0.4, -0.2) is 61.6 Å². The Labute approximate surface area is 245 Å². The fourth-order valence-corrected chi connectivity index (χ4v) is 6.48. The molecule has 1 aromatic carbocycles. The van der Waals surface area contributed by atoms with Gasteiger partial charge in [-0.05, 0) is 92.2 Å². The van der Waals surface area contributed by atoms with Crippen molar-refractivity contribution in [2.24, 2.45) is 11.3 Å². The third-order valence-electron chi connectivity index (χ3n) is 8.53. The van der Waals surface area contributed by atoms with E-state index in [1.165, 1.54) is 12.7 Å². The second kappa shape index (κ2) is 12.6. The van der Waals surface area contributed by atoms with Crippen molar-refractivity contribution in [1.29, 1.82) is 0 Å². The number of carbonyl (C=O) groups is 2. The average Bonchev–Trinajstić information content (AvgIpc) is 2.90. The second-order valence-electron chi connectivity index (χ2n) is 13.5. The molecule has 8 heteroatoms. The summed E-state index contributed by atoms with van der Waals surface area (Å²) in [5.74, 6) is 1.41. The summed E-state index contributed by atoms with van der Waals surface area (Å²) in [5.41, 5.74) is 1.24. The molecule has 0 bridgehead atoms. The van der Waals surface area contributed by atoms with Crippen LogP contribution in [0.5, 0.6) is 11.5 Å². The van der Waals surface area contributed by atoms with Gasteiger partial charge in [-0.25, -0.2) is 4.79 Å². The third-order valence-corrected chi connectivity index (χ3v) is 8.53. The lowest BCUT2D eigenvalue weighted by Gasteiger charge is -2.55. The number of rotatable bonds is 8. The maximum Gasteiger partial charge on any atom is 0.410 e. The average molecular weight is 572 g/mol. The summed E-state index contributed by atoms with van der Waals surface area (Å²) in [7, 11) is 1.40. The topological polar surface area (TPSA) is 83.5 Å². The van der Waals surface area contributed by atoms with Crippen LogP contribution in [0.2, 0.25) is 0 Å². The highest BCUT2D eigenvalue weighted by molar-refractivity contribution is 5.69. The predicted molar refractivity (Wildman–Crippen MR) is 157 cm³/mol. The number of hydrogen-bond acceptors (Lipinski definition) is 7. The molecule has 2 fully saturated rings. The smallest absolute Gasteiger partial charge is 0.410 e. The van der Waals surface area contributed by atoms with Crippen molar-refractivity contribution in [3.05, 3.63) is 35.4 Å². The molecule has 3 heterocycles. The first-order chi connectivity index (χ1) is 19.3. The Morgan fingerprint density at radius 2 is 2.00 bits per heavy atom. The van der Waals surface area contributed by atoms with Gasteiger partial charge in [-0.3, -0.25) is 4.79 Å². The van der Waals surface area contributed by atoms with E-state index in [4.69, 9.17) is 23.7 Å². The van der Waals surface area contributed by atoms with Crippen molar-refractivity contribution in [3.63, 3.8) is 0 Å². The predicted octanol–water partition coefficient (Wildman–Crippen LogP) is 7.01. The molecule has 0 saturated carbocycles. The molecule has 3 aliphatic heterocycles. The molecule has 1 spiro atoms. The first-order valence-corrected chi connectivity index (χ1v) is 15.1. The minimum atomic E-state index is -0.524. The zero-order valence-electron chi connectivity index (χ0n) is 26.0. The van der Waals surface area contributed by atoms with Crippen LogP contribution in [-0.2, 0) is 19.0 Å². The first-order valence-electron chi connectivity index (χ1n) is 15.1. The number of carbonyl (C=O) groups excluding carboxylic acids is 2. The van der Waals surface area contributed by atoms with Gasteiger partial charge in [-0.2, -0.15) is 0 Å². The molecule has 4 atom stereocenters. The SMILES string of the molecule is COC(=O)CCCOc1ccc2c(c1)O[C@@](C)(CCC=C(C)C)[C@H]1C[C@]3(CCCN(C(=O)OC(C)(C)C)C3)CO[C@H]21. The standard InChI is InChI=1S/C33H49NO7/c1-23(2)11-8-15-32(6)26-20-33(16-10-17-34(21-33)30(36)41-31(3,4)5)22-39-29(26)25-14-13-24(19-27(25)40-32)38-18-9-12-28(35)37-7/h11,13-14,19,26,29H,8-10,12,15-18,20-22H2,1-7H3/t26-,29+,32-,33-/m0/s1. The van der Waals surface area contributed by atoms with E-state index in [1.54, 1.807) is 0 Å². The molecule has 228 valence electrons. The van der Waals surface area contributed by atoms with Crippen LogP contribution >= 0.6 is 0 Å². The number of ether oxygens (including phenoxy) is 5. The van der Waals surface area contributed by atoms with E-state index in [0.29, 0.717) is 44.9 Å². The van der Waals surface area contributed by atoms with Crippen LogP contribution in [0.3, 0.4) is 0 Å². The van der Waals surface area contributed by atoms with Crippen molar-refractivity contribution in [2.75, 3.05) is 33.4 Å². The van der Waals surface area contributed by atoms with Gasteiger partial charge in [0.2, 0.25) is 0 Å². The number of fused-ring (bicyclic) bond motifs is 3. The molecule has 1 amide bonds. The van der Waals surface area contributed by atoms with Crippen LogP contribution in [0.25, 0.3) is 0 Å². The minimum Gasteiger partial charge on any atom is -0.493 e. The van der Waals surface area contributed by atoms with E-state index in [0.717, 1.165) is 43.4 Å². The molecule has 4 rings (SSSR count). The summed E-state index contributed by atoms with van der Waals surface area (Å²) >= 11 is 0. The normalized spacial score (nSPS) is 27.2. The largest absolute Gasteiger partial charge is 0.493 e. The Balaban J connectivity index is 1.55. The molecule has 0 N–H and O–H groups in total. The lowest BCUT2D eigenvalue weighted by atomic mass is 9.64. The van der Waals surface area contributed by atoms with E-state index in [2.05, 4.69) is 32.9 Å². The number of likely N-dealkylation sites (tertiary alicyclic amines) is 1. The molecule has 0 unspecified atom stereocenters. The number of nitrogens with zero attached hydrogens (tertiary/aromatic N) is 1. The van der Waals surface area contributed by atoms with Gasteiger partial charge in [0.25, 0.3) is 0 Å². The highest BCUT2D eigenvalue weighted by Gasteiger charge is 2.55. The fraction of sp³-hybridized carbons (Fsp3) is 0.697. The Morgan fingerprint density at radius 3 is 2.71 bits per heavy atom. The van der Waals surface area contributed by atoms with Crippen LogP contribution in [0, 0.1) is 11.3 Å². The molecule has 2 saturated heterocycles. The third kappa shape index (κ3) is 7.76. The van der Waals surface area contributed by atoms with Gasteiger partial charge in [0.05, 0.1) is 26.4 Å². The van der Waals surface area contributed by atoms with Gasteiger partial charge in [-0.1, -0.05) is 11.6 Å². The number of allylic oxidation sites excluding steroid dienone is 2. The minimum absolute atomic E-state index is 0.0913. The second-order valence-corrected chi connectivity index (χ2v) is 13.5. The van der Waals surface area contributed by atoms with Gasteiger partial charge in [0.1, 0.15) is 22.7 Å². The Bertz CT molecular complexity index is 1120. The first kappa shape index (κ1) is 31.2. The number of methoxy groups -OCH3 is 1. The number of hydrogen-bond donors (Lipinski definition) is 0. The quantitative estimate of drug-likeness (QED) is 0.188. The molecular formula is C33H49NO7. The van der Waals surface area contributed by atoms with Crippen LogP contribution in [0.15, 0.2) is 29.8 Å². The van der Waals surface area contributed by atoms with Gasteiger partial charge in [-0.15, -0.1) is 0 Å². The highest BCUT2D eigenvalue weighted by Crippen LogP contribution is 2.56. The van der Waals surface area contributed by atoms with Crippen molar-refractivity contribution < 1.29 is 33.3 Å². The molecule has 41 heavy (non-hydrogen) atoms. The van der Waals surface area contributed by atoms with E-state index in [-0.39, 0.29) is 29.5 Å². The van der Waals surface area contributed by atoms with Gasteiger partial charge in [0.15, 0.2) is 0 Å². The summed E-state index contributed by atoms with van der Waals surface area (Å²) in [5, 5.41) is 0. The van der Waals surface area contributed by atoms with E-state index in [9.17, 15) is 9.59 Å². The maximum absolute atomic E-state index is 13.0. The summed E-state index contributed by atoms with van der Waals surface area (Å²) in [4.78, 5) is 26.3. The number of benzene rings is 1. The molecular weight excluding hydrogens is 522 g/mol. The van der Waals surface area contributed by atoms with Crippen molar-refractivity contribution in [3.8, 4) is 11.5 Å². The molecule has 3 aliphatic rings. The molecule has 0 radical (unpaired) electrons. The van der Waals surface area contributed by atoms with Crippen molar-refractivity contribution >= 4 is 12.1 Å². The van der Waals surface area contributed by atoms with Crippen LogP contribution in [0.1, 0.15) is 98.2 Å². The van der Waals surface area contributed by atoms with E-state index in [1.807, 2.05) is 37.8 Å². The number of esters is 1. The highest BCUT2D eigenvalue weighted by atomic mass is 16.6. The van der Waals surface area contributed by atoms with Gasteiger partial charge < -0.3 is 28.6 Å². The Hall–Kier alpha value is -2.74. The van der Waals surface area contributed by atoms with Gasteiger partial charge >= 0.3 is 12.1 Å². The number of amides is 1. The summed E-state index contributed by atoms with van der Waals surface area (Å²) in [6.45, 7) is 14.6. The lowest BCUT2D eigenvalue weighted by molar-refractivity contribution is -0.180. The molecule has 0 aromatic heterocycles. The van der Waals surface area contributed by atoms with Crippen LogP contribution in [0.4, 0.5) is 4.79 Å². The maximum atomic E-state index is 13.0. The van der Waals surface area contributed by atoms with Gasteiger partial charge in [0, 0.05) is 42.5 Å². The molecule has 8 nitrogen and oxygen atoms in total. The van der Waals surface area contributed by atoms with E-state index < -0.39 is 11.2 Å².